The van der Waals surface area contributed by atoms with Crippen LogP contribution in [0.2, 0.25) is 0 Å². The molecule has 1 fully saturated rings. The summed E-state index contributed by atoms with van der Waals surface area (Å²) in [5, 5.41) is 18.5. The van der Waals surface area contributed by atoms with Crippen molar-refractivity contribution in [2.45, 2.75) is 37.3 Å². The standard InChI is InChI=1S/C13H17NO3/c14-11(5-6-12(15)16)9-1-3-10(4-2-9)13(17)7-8-13/h1-4,11,17H,5-8,14H2,(H,15,16). The second-order valence-corrected chi connectivity index (χ2v) is 4.69. The van der Waals surface area contributed by atoms with Crippen LogP contribution >= 0.6 is 0 Å². The van der Waals surface area contributed by atoms with E-state index in [0.29, 0.717) is 6.42 Å². The number of carbonyl (C=O) groups is 1. The van der Waals surface area contributed by atoms with Crippen molar-refractivity contribution in [2.24, 2.45) is 5.73 Å². The molecule has 1 saturated carbocycles. The number of carboxylic acids is 1. The van der Waals surface area contributed by atoms with E-state index in [1.807, 2.05) is 24.3 Å². The van der Waals surface area contributed by atoms with Crippen molar-refractivity contribution >= 4 is 5.97 Å². The van der Waals surface area contributed by atoms with Gasteiger partial charge in [0.2, 0.25) is 0 Å². The van der Waals surface area contributed by atoms with Crippen molar-refractivity contribution in [2.75, 3.05) is 0 Å². The zero-order valence-electron chi connectivity index (χ0n) is 9.60. The van der Waals surface area contributed by atoms with Gasteiger partial charge in [0.05, 0.1) is 5.60 Å². The van der Waals surface area contributed by atoms with Gasteiger partial charge in [0, 0.05) is 12.5 Å². The third-order valence-corrected chi connectivity index (χ3v) is 3.27. The number of rotatable bonds is 5. The van der Waals surface area contributed by atoms with Gasteiger partial charge < -0.3 is 15.9 Å². The summed E-state index contributed by atoms with van der Waals surface area (Å²) in [5.41, 5.74) is 7.11. The van der Waals surface area contributed by atoms with Crippen molar-refractivity contribution in [3.63, 3.8) is 0 Å². The first-order valence-electron chi connectivity index (χ1n) is 5.81. The minimum absolute atomic E-state index is 0.0762. The Labute approximate surface area is 100 Å². The third-order valence-electron chi connectivity index (χ3n) is 3.27. The highest BCUT2D eigenvalue weighted by Gasteiger charge is 2.41. The number of hydrogen-bond acceptors (Lipinski definition) is 3. The first-order chi connectivity index (χ1) is 8.01. The molecule has 4 N–H and O–H groups in total. The lowest BCUT2D eigenvalue weighted by Gasteiger charge is -2.13. The van der Waals surface area contributed by atoms with Gasteiger partial charge in [0.15, 0.2) is 0 Å². The summed E-state index contributed by atoms with van der Waals surface area (Å²) in [6, 6.07) is 7.25. The molecule has 0 saturated heterocycles. The molecule has 0 bridgehead atoms. The summed E-state index contributed by atoms with van der Waals surface area (Å²) in [6.45, 7) is 0. The molecule has 92 valence electrons. The van der Waals surface area contributed by atoms with E-state index in [0.717, 1.165) is 24.0 Å². The van der Waals surface area contributed by atoms with Crippen LogP contribution < -0.4 is 5.73 Å². The van der Waals surface area contributed by atoms with Crippen LogP contribution in [0.15, 0.2) is 24.3 Å². The van der Waals surface area contributed by atoms with Crippen molar-refractivity contribution in [3.8, 4) is 0 Å². The highest BCUT2D eigenvalue weighted by molar-refractivity contribution is 5.66. The Balaban J connectivity index is 1.99. The van der Waals surface area contributed by atoms with E-state index in [4.69, 9.17) is 10.8 Å². The smallest absolute Gasteiger partial charge is 0.303 e. The number of aliphatic hydroxyl groups is 1. The summed E-state index contributed by atoms with van der Waals surface area (Å²) in [7, 11) is 0. The lowest BCUT2D eigenvalue weighted by molar-refractivity contribution is -0.137. The molecule has 0 spiro atoms. The predicted octanol–water partition coefficient (Wildman–Crippen LogP) is 1.53. The van der Waals surface area contributed by atoms with E-state index in [1.54, 1.807) is 0 Å². The van der Waals surface area contributed by atoms with Crippen LogP contribution in [0.1, 0.15) is 42.9 Å². The molecule has 0 aromatic heterocycles. The highest BCUT2D eigenvalue weighted by Crippen LogP contribution is 2.45. The molecule has 0 heterocycles. The van der Waals surface area contributed by atoms with E-state index in [9.17, 15) is 9.90 Å². The molecule has 1 aliphatic rings. The van der Waals surface area contributed by atoms with Gasteiger partial charge in [-0.05, 0) is 30.4 Å². The second kappa shape index (κ2) is 4.47. The van der Waals surface area contributed by atoms with Crippen LogP contribution in [0.4, 0.5) is 0 Å². The van der Waals surface area contributed by atoms with Gasteiger partial charge in [-0.25, -0.2) is 0 Å². The second-order valence-electron chi connectivity index (χ2n) is 4.69. The maximum Gasteiger partial charge on any atom is 0.303 e. The van der Waals surface area contributed by atoms with Gasteiger partial charge in [-0.15, -0.1) is 0 Å². The Hall–Kier alpha value is -1.39. The summed E-state index contributed by atoms with van der Waals surface area (Å²) in [5.74, 6) is -0.829. The minimum atomic E-state index is -0.829. The average Bonchev–Trinajstić information content (AvgIpc) is 3.06. The lowest BCUT2D eigenvalue weighted by atomic mass is 9.99. The van der Waals surface area contributed by atoms with Crippen molar-refractivity contribution in [1.82, 2.24) is 0 Å². The molecule has 0 aliphatic heterocycles. The van der Waals surface area contributed by atoms with Gasteiger partial charge in [-0.2, -0.15) is 0 Å². The minimum Gasteiger partial charge on any atom is -0.481 e. The van der Waals surface area contributed by atoms with Gasteiger partial charge in [-0.1, -0.05) is 24.3 Å². The van der Waals surface area contributed by atoms with E-state index >= 15 is 0 Å². The Bertz CT molecular complexity index is 409. The van der Waals surface area contributed by atoms with Gasteiger partial charge >= 0.3 is 5.97 Å². The molecule has 17 heavy (non-hydrogen) atoms. The van der Waals surface area contributed by atoms with Crippen LogP contribution in [0.5, 0.6) is 0 Å². The topological polar surface area (TPSA) is 83.6 Å². The van der Waals surface area contributed by atoms with E-state index < -0.39 is 11.6 Å². The normalized spacial score (nSPS) is 18.7. The molecule has 4 nitrogen and oxygen atoms in total. The Morgan fingerprint density at radius 1 is 1.35 bits per heavy atom. The first kappa shape index (κ1) is 12.1. The molecular formula is C13H17NO3. The zero-order valence-corrected chi connectivity index (χ0v) is 9.60. The Morgan fingerprint density at radius 3 is 2.41 bits per heavy atom. The number of benzene rings is 1. The van der Waals surface area contributed by atoms with Crippen molar-refractivity contribution < 1.29 is 15.0 Å². The van der Waals surface area contributed by atoms with Gasteiger partial charge in [0.1, 0.15) is 0 Å². The van der Waals surface area contributed by atoms with Gasteiger partial charge in [-0.3, -0.25) is 4.79 Å². The van der Waals surface area contributed by atoms with Gasteiger partial charge in [0.25, 0.3) is 0 Å². The Morgan fingerprint density at radius 2 is 1.94 bits per heavy atom. The highest BCUT2D eigenvalue weighted by atomic mass is 16.4. The summed E-state index contributed by atoms with van der Waals surface area (Å²) < 4.78 is 0. The van der Waals surface area contributed by atoms with E-state index in [-0.39, 0.29) is 12.5 Å². The Kier molecular flexibility index (Phi) is 3.17. The molecule has 0 amide bonds. The molecule has 2 rings (SSSR count). The molecule has 1 aromatic carbocycles. The number of carboxylic acid groups (broad SMARTS) is 1. The average molecular weight is 235 g/mol. The monoisotopic (exact) mass is 235 g/mol. The first-order valence-corrected chi connectivity index (χ1v) is 5.81. The van der Waals surface area contributed by atoms with Crippen LogP contribution in [0.3, 0.4) is 0 Å². The summed E-state index contributed by atoms with van der Waals surface area (Å²) in [6.07, 6.45) is 2.14. The summed E-state index contributed by atoms with van der Waals surface area (Å²) in [4.78, 5) is 10.4. The molecule has 0 radical (unpaired) electrons. The van der Waals surface area contributed by atoms with Crippen LogP contribution in [0.25, 0.3) is 0 Å². The summed E-state index contributed by atoms with van der Waals surface area (Å²) >= 11 is 0. The van der Waals surface area contributed by atoms with Crippen LogP contribution in [-0.2, 0) is 10.4 Å². The van der Waals surface area contributed by atoms with Crippen LogP contribution in [-0.4, -0.2) is 16.2 Å². The quantitative estimate of drug-likeness (QED) is 0.722. The maximum absolute atomic E-state index is 10.4. The number of nitrogens with two attached hydrogens (primary N) is 1. The largest absolute Gasteiger partial charge is 0.481 e. The molecule has 1 aromatic rings. The fourth-order valence-electron chi connectivity index (χ4n) is 1.89. The molecular weight excluding hydrogens is 218 g/mol. The lowest BCUT2D eigenvalue weighted by Crippen LogP contribution is -2.13. The van der Waals surface area contributed by atoms with Crippen molar-refractivity contribution in [1.29, 1.82) is 0 Å². The SMILES string of the molecule is NC(CCC(=O)O)c1ccc(C2(O)CC2)cc1. The van der Waals surface area contributed by atoms with E-state index in [1.165, 1.54) is 0 Å². The fourth-order valence-corrected chi connectivity index (χ4v) is 1.89. The predicted molar refractivity (Wildman–Crippen MR) is 63.4 cm³/mol. The molecule has 1 unspecified atom stereocenters. The number of aliphatic carboxylic acids is 1. The zero-order chi connectivity index (χ0) is 12.5. The molecule has 4 heteroatoms. The fraction of sp³-hybridized carbons (Fsp3) is 0.462. The number of hydrogen-bond donors (Lipinski definition) is 3. The maximum atomic E-state index is 10.4. The molecule has 1 atom stereocenters. The van der Waals surface area contributed by atoms with Crippen molar-refractivity contribution in [3.05, 3.63) is 35.4 Å². The molecule has 1 aliphatic carbocycles. The van der Waals surface area contributed by atoms with Crippen LogP contribution in [0, 0.1) is 0 Å². The van der Waals surface area contributed by atoms with E-state index in [2.05, 4.69) is 0 Å². The third kappa shape index (κ3) is 2.84.